The predicted molar refractivity (Wildman–Crippen MR) is 128 cm³/mol. The van der Waals surface area contributed by atoms with E-state index in [1.807, 2.05) is 0 Å². The van der Waals surface area contributed by atoms with Crippen molar-refractivity contribution in [3.8, 4) is 17.4 Å². The van der Waals surface area contributed by atoms with Crippen molar-refractivity contribution in [3.63, 3.8) is 0 Å². The molecule has 0 spiro atoms. The van der Waals surface area contributed by atoms with Crippen LogP contribution in [0.1, 0.15) is 33.6 Å². The van der Waals surface area contributed by atoms with Crippen molar-refractivity contribution in [1.29, 1.82) is 0 Å². The molecule has 1 aromatic carbocycles. The molecule has 3 heterocycles. The van der Waals surface area contributed by atoms with Crippen molar-refractivity contribution in [3.05, 3.63) is 42.6 Å². The van der Waals surface area contributed by atoms with Gasteiger partial charge in [0.25, 0.3) is 5.91 Å². The van der Waals surface area contributed by atoms with E-state index in [1.54, 1.807) is 25.7 Å². The molecule has 0 unspecified atom stereocenters. The van der Waals surface area contributed by atoms with Gasteiger partial charge < -0.3 is 14.4 Å². The number of piperazine rings is 1. The summed E-state index contributed by atoms with van der Waals surface area (Å²) in [6.45, 7) is 5.06. The average Bonchev–Trinajstić information content (AvgIpc) is 3.15. The zero-order chi connectivity index (χ0) is 28.8. The lowest BCUT2D eigenvalue weighted by Gasteiger charge is -2.46. The molecule has 2 N–H and O–H groups in total. The quantitative estimate of drug-likeness (QED) is 0.398. The zero-order valence-electron chi connectivity index (χ0n) is 21.2. The van der Waals surface area contributed by atoms with E-state index in [4.69, 9.17) is 4.74 Å². The fourth-order valence-corrected chi connectivity index (χ4v) is 6.38. The van der Waals surface area contributed by atoms with Crippen LogP contribution in [0.15, 0.2) is 47.5 Å². The van der Waals surface area contributed by atoms with E-state index in [-0.39, 0.29) is 29.0 Å². The van der Waals surface area contributed by atoms with Crippen molar-refractivity contribution < 1.29 is 45.9 Å². The van der Waals surface area contributed by atoms with Crippen LogP contribution < -0.4 is 15.0 Å². The van der Waals surface area contributed by atoms with Gasteiger partial charge in [0.1, 0.15) is 22.4 Å². The van der Waals surface area contributed by atoms with Crippen LogP contribution in [-0.4, -0.2) is 70.7 Å². The molecule has 2 saturated heterocycles. The zero-order valence-corrected chi connectivity index (χ0v) is 22.0. The number of nitrogens with zero attached hydrogens (tertiary/aromatic N) is 3. The van der Waals surface area contributed by atoms with Gasteiger partial charge in [0.15, 0.2) is 0 Å². The number of benzene rings is 1. The Morgan fingerprint density at radius 3 is 2.23 bits per heavy atom. The third kappa shape index (κ3) is 5.94. The Balaban J connectivity index is 1.55. The fourth-order valence-electron chi connectivity index (χ4n) is 4.78. The van der Waals surface area contributed by atoms with E-state index >= 15 is 0 Å². The van der Waals surface area contributed by atoms with Gasteiger partial charge in [-0.25, -0.2) is 18.9 Å². The number of sulfonamides is 1. The van der Waals surface area contributed by atoms with Crippen LogP contribution in [0.25, 0.3) is 0 Å². The third-order valence-electron chi connectivity index (χ3n) is 6.46. The van der Waals surface area contributed by atoms with E-state index in [9.17, 15) is 36.4 Å². The van der Waals surface area contributed by atoms with Gasteiger partial charge in [-0.2, -0.15) is 4.31 Å². The number of nitrogens with one attached hydrogen (secondary N) is 1. The summed E-state index contributed by atoms with van der Waals surface area (Å²) in [5.74, 6) is -1.53. The summed E-state index contributed by atoms with van der Waals surface area (Å²) in [5, 5.41) is 9.39. The molecule has 0 saturated carbocycles. The minimum absolute atomic E-state index is 0.0382. The number of alkyl halides is 3. The number of fused-ring (bicyclic) bond motifs is 2. The summed E-state index contributed by atoms with van der Waals surface area (Å²) in [7, 11) is -4.31. The number of hydrogen-bond acceptors (Lipinski definition) is 8. The van der Waals surface area contributed by atoms with Crippen LogP contribution in [0, 0.1) is 5.41 Å². The summed E-state index contributed by atoms with van der Waals surface area (Å²) < 4.78 is 74.4. The molecule has 15 heteroatoms. The maximum Gasteiger partial charge on any atom is 0.573 e. The Bertz CT molecular complexity index is 1330. The van der Waals surface area contributed by atoms with E-state index in [0.29, 0.717) is 12.8 Å². The van der Waals surface area contributed by atoms with Crippen LogP contribution in [-0.2, 0) is 19.6 Å². The summed E-state index contributed by atoms with van der Waals surface area (Å²) in [4.78, 5) is 31.1. The van der Waals surface area contributed by atoms with Crippen LogP contribution in [0.4, 0.5) is 13.2 Å². The van der Waals surface area contributed by atoms with Gasteiger partial charge >= 0.3 is 6.36 Å². The van der Waals surface area contributed by atoms with E-state index in [2.05, 4.69) is 9.72 Å². The molecule has 1 aromatic heterocycles. The molecule has 0 radical (unpaired) electrons. The molecule has 2 bridgehead atoms. The molecule has 212 valence electrons. The maximum atomic E-state index is 13.6. The number of ether oxygens (including phenoxy) is 2. The molecule has 11 nitrogen and oxygen atoms in total. The average molecular weight is 573 g/mol. The van der Waals surface area contributed by atoms with Gasteiger partial charge in [0.2, 0.25) is 21.8 Å². The number of halogens is 3. The first-order valence-corrected chi connectivity index (χ1v) is 13.3. The van der Waals surface area contributed by atoms with E-state index < -0.39 is 51.6 Å². The highest BCUT2D eigenvalue weighted by Crippen LogP contribution is 2.39. The summed E-state index contributed by atoms with van der Waals surface area (Å²) in [6, 6.07) is 4.43. The van der Waals surface area contributed by atoms with Crippen molar-refractivity contribution in [1.82, 2.24) is 19.7 Å². The van der Waals surface area contributed by atoms with Gasteiger partial charge in [-0.1, -0.05) is 20.8 Å². The van der Waals surface area contributed by atoms with Crippen molar-refractivity contribution in [2.45, 2.75) is 63.0 Å². The first-order valence-electron chi connectivity index (χ1n) is 11.9. The van der Waals surface area contributed by atoms with Crippen LogP contribution >= 0.6 is 0 Å². The van der Waals surface area contributed by atoms with Gasteiger partial charge in [-0.15, -0.1) is 13.2 Å². The molecule has 2 aromatic rings. The van der Waals surface area contributed by atoms with Crippen LogP contribution in [0.5, 0.6) is 17.4 Å². The second-order valence-electron chi connectivity index (χ2n) is 10.2. The fraction of sp³-hybridized carbons (Fsp3) is 0.458. The van der Waals surface area contributed by atoms with E-state index in [0.717, 1.165) is 22.6 Å². The lowest BCUT2D eigenvalue weighted by molar-refractivity contribution is -0.274. The highest BCUT2D eigenvalue weighted by atomic mass is 32.2. The Hall–Kier alpha value is -3.43. The summed E-state index contributed by atoms with van der Waals surface area (Å²) in [6.07, 6.45) is -2.94. The number of rotatable bonds is 6. The van der Waals surface area contributed by atoms with Gasteiger partial charge in [0, 0.05) is 24.1 Å². The number of hydroxylamine groups is 1. The number of hydrogen-bond donors (Lipinski definition) is 2. The molecule has 2 amide bonds. The number of pyridine rings is 1. The summed E-state index contributed by atoms with van der Waals surface area (Å²) >= 11 is 0. The van der Waals surface area contributed by atoms with Gasteiger partial charge in [-0.05, 0) is 43.2 Å². The van der Waals surface area contributed by atoms with Gasteiger partial charge in [-0.3, -0.25) is 14.8 Å². The molecule has 4 rings (SSSR count). The van der Waals surface area contributed by atoms with Crippen LogP contribution in [0.3, 0.4) is 0 Å². The second-order valence-corrected chi connectivity index (χ2v) is 12.1. The lowest BCUT2D eigenvalue weighted by atomic mass is 9.92. The Morgan fingerprint density at radius 1 is 1.05 bits per heavy atom. The molecule has 39 heavy (non-hydrogen) atoms. The van der Waals surface area contributed by atoms with E-state index in [1.165, 1.54) is 29.7 Å². The normalized spacial score (nSPS) is 21.9. The molecule has 3 atom stereocenters. The third-order valence-corrected chi connectivity index (χ3v) is 8.29. The predicted octanol–water partition coefficient (Wildman–Crippen LogP) is 3.06. The molecule has 2 aliphatic heterocycles. The number of aromatic nitrogens is 1. The van der Waals surface area contributed by atoms with Crippen molar-refractivity contribution in [2.24, 2.45) is 5.41 Å². The topological polar surface area (TPSA) is 138 Å². The SMILES string of the molecule is CC(C)(C)C(=O)N1[C@@H]2CC[C@H]1[C@H](C(=O)NO)N(S(=O)(=O)c1ccc(Oc3ccc(OC(F)(F)F)cc3)nc1)C2. The number of amides is 2. The molecule has 2 aliphatic rings. The second kappa shape index (κ2) is 10.3. The minimum atomic E-state index is -4.84. The Morgan fingerprint density at radius 2 is 1.69 bits per heavy atom. The van der Waals surface area contributed by atoms with Crippen molar-refractivity contribution >= 4 is 21.8 Å². The first kappa shape index (κ1) is 28.6. The van der Waals surface area contributed by atoms with Crippen molar-refractivity contribution in [2.75, 3.05) is 6.54 Å². The maximum absolute atomic E-state index is 13.6. The lowest BCUT2D eigenvalue weighted by Crippen LogP contribution is -2.67. The Labute approximate surface area is 222 Å². The summed E-state index contributed by atoms with van der Waals surface area (Å²) in [5.41, 5.74) is 0.776. The monoisotopic (exact) mass is 572 g/mol. The smallest absolute Gasteiger partial charge is 0.439 e. The van der Waals surface area contributed by atoms with Crippen LogP contribution in [0.2, 0.25) is 0 Å². The minimum Gasteiger partial charge on any atom is -0.439 e. The highest BCUT2D eigenvalue weighted by molar-refractivity contribution is 7.89. The molecular weight excluding hydrogens is 545 g/mol. The molecular formula is C24H27F3N4O7S. The first-order chi connectivity index (χ1) is 18.1. The number of carbonyl (C=O) groups is 2. The largest absolute Gasteiger partial charge is 0.573 e. The highest BCUT2D eigenvalue weighted by Gasteiger charge is 2.55. The van der Waals surface area contributed by atoms with Gasteiger partial charge in [0.05, 0.1) is 12.2 Å². The molecule has 2 fully saturated rings. The Kier molecular flexibility index (Phi) is 7.53. The molecule has 0 aliphatic carbocycles. The number of carbonyl (C=O) groups excluding carboxylic acids is 2. The standard InChI is InChI=1S/C24H27F3N4O7S/c1-23(2,3)22(33)31-14-4-10-18(31)20(21(32)29-34)30(13-14)39(35,36)17-9-11-19(28-12-17)37-15-5-7-16(8-6-15)38-24(25,26)27/h5-9,11-12,14,18,20,34H,4,10,13H2,1-3H3,(H,29,32)/t14-,18+,20-/m1/s1.